The Balaban J connectivity index is 1.90. The summed E-state index contributed by atoms with van der Waals surface area (Å²) in [6.07, 6.45) is 5.27. The SMILES string of the molecule is CCCCN(CCCC)CCCN1C(=O)C(=O)C(=C(O)c2ccc(F)cc2)[C@H]1c1ccc(C)cc1. The van der Waals surface area contributed by atoms with Crippen molar-refractivity contribution in [3.63, 3.8) is 0 Å². The van der Waals surface area contributed by atoms with Gasteiger partial charge in [0.15, 0.2) is 0 Å². The summed E-state index contributed by atoms with van der Waals surface area (Å²) in [5.74, 6) is -2.02. The topological polar surface area (TPSA) is 60.9 Å². The Kier molecular flexibility index (Phi) is 9.61. The second-order valence-corrected chi connectivity index (χ2v) is 9.31. The summed E-state index contributed by atoms with van der Waals surface area (Å²) in [5, 5.41) is 11.1. The minimum atomic E-state index is -0.703. The monoisotopic (exact) mass is 480 g/mol. The number of rotatable bonds is 12. The fourth-order valence-electron chi connectivity index (χ4n) is 4.53. The molecule has 1 atom stereocenters. The van der Waals surface area contributed by atoms with Crippen LogP contribution in [0.3, 0.4) is 0 Å². The number of nitrogens with zero attached hydrogens (tertiary/aromatic N) is 2. The molecule has 1 heterocycles. The maximum atomic E-state index is 13.4. The molecule has 5 nitrogen and oxygen atoms in total. The van der Waals surface area contributed by atoms with Gasteiger partial charge in [-0.25, -0.2) is 4.39 Å². The number of unbranched alkanes of at least 4 members (excludes halogenated alkanes) is 2. The summed E-state index contributed by atoms with van der Waals surface area (Å²) in [7, 11) is 0. The number of hydrogen-bond acceptors (Lipinski definition) is 4. The van der Waals surface area contributed by atoms with Crippen molar-refractivity contribution in [3.05, 3.63) is 76.6 Å². The van der Waals surface area contributed by atoms with Crippen LogP contribution >= 0.6 is 0 Å². The third kappa shape index (κ3) is 6.57. The Bertz CT molecular complexity index is 1020. The van der Waals surface area contributed by atoms with Crippen LogP contribution in [0.4, 0.5) is 4.39 Å². The fraction of sp³-hybridized carbons (Fsp3) is 0.448. The average molecular weight is 481 g/mol. The lowest BCUT2D eigenvalue weighted by Gasteiger charge is -2.27. The second kappa shape index (κ2) is 12.6. The molecule has 0 unspecified atom stereocenters. The van der Waals surface area contributed by atoms with Crippen LogP contribution in [-0.4, -0.2) is 52.8 Å². The van der Waals surface area contributed by atoms with Gasteiger partial charge in [-0.3, -0.25) is 9.59 Å². The first-order valence-electron chi connectivity index (χ1n) is 12.7. The van der Waals surface area contributed by atoms with Crippen LogP contribution in [0.5, 0.6) is 0 Å². The largest absolute Gasteiger partial charge is 0.507 e. The molecule has 2 aromatic carbocycles. The summed E-state index contributed by atoms with van der Waals surface area (Å²) in [4.78, 5) is 30.3. The van der Waals surface area contributed by atoms with E-state index < -0.39 is 23.5 Å². The molecule has 3 rings (SSSR count). The van der Waals surface area contributed by atoms with Crippen LogP contribution in [0.25, 0.3) is 5.76 Å². The van der Waals surface area contributed by atoms with E-state index in [2.05, 4.69) is 18.7 Å². The number of Topliss-reactive ketones (excluding diaryl/α,β-unsaturated/α-hetero) is 1. The first kappa shape index (κ1) is 26.6. The molecule has 0 aliphatic carbocycles. The highest BCUT2D eigenvalue weighted by Crippen LogP contribution is 2.39. The average Bonchev–Trinajstić information content (AvgIpc) is 3.10. The summed E-state index contributed by atoms with van der Waals surface area (Å²) >= 11 is 0. The van der Waals surface area contributed by atoms with Gasteiger partial charge in [-0.2, -0.15) is 0 Å². The van der Waals surface area contributed by atoms with Crippen molar-refractivity contribution in [2.75, 3.05) is 26.2 Å². The molecule has 1 aliphatic heterocycles. The Morgan fingerprint density at radius 3 is 2.06 bits per heavy atom. The minimum Gasteiger partial charge on any atom is -0.507 e. The maximum absolute atomic E-state index is 13.4. The molecule has 0 aromatic heterocycles. The molecule has 2 aromatic rings. The lowest BCUT2D eigenvalue weighted by atomic mass is 9.94. The molecule has 1 fully saturated rings. The number of carbonyl (C=O) groups is 2. The van der Waals surface area contributed by atoms with Gasteiger partial charge in [0.1, 0.15) is 11.6 Å². The zero-order valence-corrected chi connectivity index (χ0v) is 21.1. The Morgan fingerprint density at radius 2 is 1.49 bits per heavy atom. The second-order valence-electron chi connectivity index (χ2n) is 9.31. The number of hydrogen-bond donors (Lipinski definition) is 1. The molecule has 188 valence electrons. The number of aliphatic hydroxyl groups is 1. The van der Waals surface area contributed by atoms with Gasteiger partial charge in [0.2, 0.25) is 0 Å². The summed E-state index contributed by atoms with van der Waals surface area (Å²) in [6, 6.07) is 12.3. The first-order valence-corrected chi connectivity index (χ1v) is 12.7. The van der Waals surface area contributed by atoms with Crippen molar-refractivity contribution in [2.45, 2.75) is 58.9 Å². The molecular formula is C29H37FN2O3. The molecule has 0 bridgehead atoms. The molecule has 1 N–H and O–H groups in total. The van der Waals surface area contributed by atoms with E-state index in [1.165, 1.54) is 24.3 Å². The van der Waals surface area contributed by atoms with Crippen LogP contribution in [0.15, 0.2) is 54.1 Å². The number of aryl methyl sites for hydroxylation is 1. The van der Waals surface area contributed by atoms with Crippen LogP contribution < -0.4 is 0 Å². The molecular weight excluding hydrogens is 443 g/mol. The number of carbonyl (C=O) groups excluding carboxylic acids is 2. The summed E-state index contributed by atoms with van der Waals surface area (Å²) in [5.41, 5.74) is 2.20. The lowest BCUT2D eigenvalue weighted by Crippen LogP contribution is -2.34. The highest BCUT2D eigenvalue weighted by atomic mass is 19.1. The highest BCUT2D eigenvalue weighted by Gasteiger charge is 2.45. The van der Waals surface area contributed by atoms with Crippen molar-refractivity contribution >= 4 is 17.4 Å². The number of halogens is 1. The number of likely N-dealkylation sites (tertiary alicyclic amines) is 1. The predicted octanol–water partition coefficient (Wildman–Crippen LogP) is 5.85. The van der Waals surface area contributed by atoms with Crippen molar-refractivity contribution in [3.8, 4) is 0 Å². The van der Waals surface area contributed by atoms with Gasteiger partial charge >= 0.3 is 0 Å². The van der Waals surface area contributed by atoms with E-state index in [1.54, 1.807) is 4.90 Å². The summed E-state index contributed by atoms with van der Waals surface area (Å²) in [6.45, 7) is 9.66. The Labute approximate surface area is 208 Å². The molecule has 1 saturated heterocycles. The van der Waals surface area contributed by atoms with Crippen LogP contribution in [0.2, 0.25) is 0 Å². The van der Waals surface area contributed by atoms with Crippen LogP contribution in [0.1, 0.15) is 68.7 Å². The Morgan fingerprint density at radius 1 is 0.914 bits per heavy atom. The van der Waals surface area contributed by atoms with Gasteiger partial charge in [0, 0.05) is 12.1 Å². The van der Waals surface area contributed by atoms with Crippen LogP contribution in [-0.2, 0) is 9.59 Å². The Hall–Kier alpha value is -2.99. The molecule has 1 amide bonds. The van der Waals surface area contributed by atoms with E-state index in [0.29, 0.717) is 12.1 Å². The first-order chi connectivity index (χ1) is 16.9. The number of ketones is 1. The minimum absolute atomic E-state index is 0.0549. The number of aliphatic hydroxyl groups excluding tert-OH is 1. The lowest BCUT2D eigenvalue weighted by molar-refractivity contribution is -0.140. The van der Waals surface area contributed by atoms with Gasteiger partial charge in [-0.05, 0) is 75.6 Å². The van der Waals surface area contributed by atoms with Gasteiger partial charge in [0.25, 0.3) is 11.7 Å². The van der Waals surface area contributed by atoms with Crippen LogP contribution in [0, 0.1) is 12.7 Å². The normalized spacial score (nSPS) is 17.5. The van der Waals surface area contributed by atoms with Crippen molar-refractivity contribution in [1.29, 1.82) is 0 Å². The van der Waals surface area contributed by atoms with Crippen molar-refractivity contribution in [2.24, 2.45) is 0 Å². The van der Waals surface area contributed by atoms with E-state index in [-0.39, 0.29) is 11.3 Å². The van der Waals surface area contributed by atoms with Gasteiger partial charge in [-0.1, -0.05) is 56.5 Å². The molecule has 0 radical (unpaired) electrons. The highest BCUT2D eigenvalue weighted by molar-refractivity contribution is 6.46. The number of amides is 1. The molecule has 35 heavy (non-hydrogen) atoms. The standard InChI is InChI=1S/C29H37FN2O3/c1-4-6-17-31(18-7-5-2)19-8-20-32-26(22-11-9-21(3)10-12-22)25(28(34)29(32)35)27(33)23-13-15-24(30)16-14-23/h9-16,26,33H,4-8,17-20H2,1-3H3/t26-/m1/s1. The maximum Gasteiger partial charge on any atom is 0.295 e. The molecule has 0 saturated carbocycles. The van der Waals surface area contributed by atoms with Crippen molar-refractivity contribution < 1.29 is 19.1 Å². The van der Waals surface area contributed by atoms with E-state index in [0.717, 1.165) is 62.9 Å². The van der Waals surface area contributed by atoms with Gasteiger partial charge in [0.05, 0.1) is 11.6 Å². The molecule has 6 heteroatoms. The zero-order valence-electron chi connectivity index (χ0n) is 21.1. The third-order valence-electron chi connectivity index (χ3n) is 6.58. The third-order valence-corrected chi connectivity index (χ3v) is 6.58. The molecule has 1 aliphatic rings. The molecule has 0 spiro atoms. The van der Waals surface area contributed by atoms with E-state index >= 15 is 0 Å². The quantitative estimate of drug-likeness (QED) is 0.235. The van der Waals surface area contributed by atoms with Crippen molar-refractivity contribution in [1.82, 2.24) is 9.80 Å². The van der Waals surface area contributed by atoms with Gasteiger partial charge < -0.3 is 14.9 Å². The van der Waals surface area contributed by atoms with E-state index in [9.17, 15) is 19.1 Å². The number of benzene rings is 2. The van der Waals surface area contributed by atoms with E-state index in [4.69, 9.17) is 0 Å². The fourth-order valence-corrected chi connectivity index (χ4v) is 4.53. The zero-order chi connectivity index (χ0) is 25.4. The van der Waals surface area contributed by atoms with Gasteiger partial charge in [-0.15, -0.1) is 0 Å². The predicted molar refractivity (Wildman–Crippen MR) is 137 cm³/mol. The summed E-state index contributed by atoms with van der Waals surface area (Å²) < 4.78 is 13.4. The smallest absolute Gasteiger partial charge is 0.295 e. The van der Waals surface area contributed by atoms with E-state index in [1.807, 2.05) is 31.2 Å².